The van der Waals surface area contributed by atoms with Gasteiger partial charge in [0.15, 0.2) is 29.6 Å². The molecule has 7 nitrogen and oxygen atoms in total. The number of carbonyl (C=O) groups is 1. The van der Waals surface area contributed by atoms with E-state index < -0.39 is 41.6 Å². The smallest absolute Gasteiger partial charge is 0.334 e. The first-order valence-electron chi connectivity index (χ1n) is 7.86. The molecule has 0 saturated carbocycles. The molecule has 4 aliphatic rings. The van der Waals surface area contributed by atoms with Gasteiger partial charge in [-0.05, 0) is 27.7 Å². The maximum absolute atomic E-state index is 12.0. The fourth-order valence-corrected chi connectivity index (χ4v) is 3.85. The van der Waals surface area contributed by atoms with Gasteiger partial charge in [-0.2, -0.15) is 0 Å². The highest BCUT2D eigenvalue weighted by Crippen LogP contribution is 2.52. The van der Waals surface area contributed by atoms with E-state index in [1.807, 2.05) is 13.8 Å². The fourth-order valence-electron chi connectivity index (χ4n) is 3.85. The van der Waals surface area contributed by atoms with Crippen LogP contribution in [0.4, 0.5) is 0 Å². The molecular formula is C16H22O7. The highest BCUT2D eigenvalue weighted by atomic mass is 16.9. The van der Waals surface area contributed by atoms with E-state index in [2.05, 4.69) is 6.58 Å². The lowest BCUT2D eigenvalue weighted by molar-refractivity contribution is -0.247. The summed E-state index contributed by atoms with van der Waals surface area (Å²) < 4.78 is 35.1. The Morgan fingerprint density at radius 1 is 1.04 bits per heavy atom. The lowest BCUT2D eigenvalue weighted by atomic mass is 9.85. The lowest BCUT2D eigenvalue weighted by Gasteiger charge is -2.35. The van der Waals surface area contributed by atoms with Gasteiger partial charge < -0.3 is 28.4 Å². The van der Waals surface area contributed by atoms with Crippen LogP contribution in [0.15, 0.2) is 12.2 Å². The van der Waals surface area contributed by atoms with Gasteiger partial charge in [0.1, 0.15) is 12.2 Å². The van der Waals surface area contributed by atoms with Crippen molar-refractivity contribution in [2.45, 2.75) is 75.9 Å². The van der Waals surface area contributed by atoms with Gasteiger partial charge >= 0.3 is 5.97 Å². The molecule has 23 heavy (non-hydrogen) atoms. The van der Waals surface area contributed by atoms with Crippen molar-refractivity contribution in [1.82, 2.24) is 0 Å². The van der Waals surface area contributed by atoms with Gasteiger partial charge in [-0.3, -0.25) is 0 Å². The molecule has 5 unspecified atom stereocenters. The van der Waals surface area contributed by atoms with Crippen LogP contribution in [0.1, 0.15) is 34.1 Å². The lowest BCUT2D eigenvalue weighted by Crippen LogP contribution is -2.54. The van der Waals surface area contributed by atoms with Crippen LogP contribution in [-0.2, 0) is 33.2 Å². The van der Waals surface area contributed by atoms with Crippen molar-refractivity contribution in [3.8, 4) is 0 Å². The van der Waals surface area contributed by atoms with Crippen molar-refractivity contribution in [2.75, 3.05) is 6.61 Å². The molecule has 0 aliphatic carbocycles. The molecule has 0 bridgehead atoms. The number of fused-ring (bicyclic) bond motifs is 2. The van der Waals surface area contributed by atoms with Crippen molar-refractivity contribution in [3.05, 3.63) is 12.2 Å². The Balaban J connectivity index is 1.67. The Morgan fingerprint density at radius 2 is 1.78 bits per heavy atom. The van der Waals surface area contributed by atoms with Crippen molar-refractivity contribution < 1.29 is 33.2 Å². The molecule has 4 saturated heterocycles. The van der Waals surface area contributed by atoms with Crippen LogP contribution in [0.3, 0.4) is 0 Å². The summed E-state index contributed by atoms with van der Waals surface area (Å²) in [4.78, 5) is 12.0. The molecule has 4 fully saturated rings. The van der Waals surface area contributed by atoms with Crippen molar-refractivity contribution in [2.24, 2.45) is 0 Å². The topological polar surface area (TPSA) is 72.5 Å². The standard InChI is InChI=1S/C16H22O7/c1-8-6-16(22-12(8)17)10(9-7-18-14(2,3)20-9)19-13-11(16)21-15(4,5)23-13/h9-11,13H,1,6-7H2,2-5H3. The highest BCUT2D eigenvalue weighted by molar-refractivity contribution is 5.90. The molecule has 7 heteroatoms. The summed E-state index contributed by atoms with van der Waals surface area (Å²) in [5.41, 5.74) is -0.577. The average Bonchev–Trinajstić information content (AvgIpc) is 3.07. The predicted molar refractivity (Wildman–Crippen MR) is 76.2 cm³/mol. The zero-order valence-electron chi connectivity index (χ0n) is 13.8. The second kappa shape index (κ2) is 4.55. The molecule has 0 aromatic heterocycles. The van der Waals surface area contributed by atoms with Gasteiger partial charge in [0.2, 0.25) is 0 Å². The predicted octanol–water partition coefficient (Wildman–Crippen LogP) is 1.26. The van der Waals surface area contributed by atoms with E-state index in [4.69, 9.17) is 28.4 Å². The van der Waals surface area contributed by atoms with E-state index in [9.17, 15) is 4.79 Å². The number of hydrogen-bond donors (Lipinski definition) is 0. The third-order valence-electron chi connectivity index (χ3n) is 4.73. The van der Waals surface area contributed by atoms with Gasteiger partial charge in [0.05, 0.1) is 6.61 Å². The van der Waals surface area contributed by atoms with Crippen LogP contribution in [0.5, 0.6) is 0 Å². The normalized spacial score (nSPS) is 47.3. The molecule has 0 amide bonds. The molecule has 0 N–H and O–H groups in total. The SMILES string of the molecule is C=C1CC2(OC1=O)C(C1COC(C)(C)O1)OC1OC(C)(C)OC12. The summed E-state index contributed by atoms with van der Waals surface area (Å²) in [7, 11) is 0. The van der Waals surface area contributed by atoms with Gasteiger partial charge in [0, 0.05) is 12.0 Å². The Hall–Kier alpha value is -0.990. The molecule has 0 aromatic carbocycles. The number of hydrogen-bond acceptors (Lipinski definition) is 7. The molecule has 128 valence electrons. The van der Waals surface area contributed by atoms with Crippen LogP contribution < -0.4 is 0 Å². The summed E-state index contributed by atoms with van der Waals surface area (Å²) in [6.45, 7) is 11.4. The summed E-state index contributed by atoms with van der Waals surface area (Å²) in [6, 6.07) is 0. The Kier molecular flexibility index (Phi) is 3.07. The summed E-state index contributed by atoms with van der Waals surface area (Å²) in [6.07, 6.45) is -1.69. The quantitative estimate of drug-likeness (QED) is 0.530. The van der Waals surface area contributed by atoms with Gasteiger partial charge in [-0.25, -0.2) is 4.79 Å². The Morgan fingerprint density at radius 3 is 2.35 bits per heavy atom. The fraction of sp³-hybridized carbons (Fsp3) is 0.812. The first-order chi connectivity index (χ1) is 10.6. The molecule has 0 radical (unpaired) electrons. The molecule has 4 heterocycles. The van der Waals surface area contributed by atoms with E-state index in [1.54, 1.807) is 13.8 Å². The maximum atomic E-state index is 12.0. The minimum Gasteiger partial charge on any atom is -0.449 e. The van der Waals surface area contributed by atoms with E-state index in [1.165, 1.54) is 0 Å². The van der Waals surface area contributed by atoms with Gasteiger partial charge in [-0.1, -0.05) is 6.58 Å². The molecular weight excluding hydrogens is 304 g/mol. The van der Waals surface area contributed by atoms with Gasteiger partial charge in [0.25, 0.3) is 0 Å². The van der Waals surface area contributed by atoms with Crippen molar-refractivity contribution >= 4 is 5.97 Å². The second-order valence-electron chi connectivity index (χ2n) is 7.47. The Labute approximate surface area is 134 Å². The van der Waals surface area contributed by atoms with Crippen LogP contribution in [0, 0.1) is 0 Å². The molecule has 0 aromatic rings. The highest BCUT2D eigenvalue weighted by Gasteiger charge is 2.70. The van der Waals surface area contributed by atoms with Crippen LogP contribution in [0.25, 0.3) is 0 Å². The van der Waals surface area contributed by atoms with E-state index >= 15 is 0 Å². The third-order valence-corrected chi connectivity index (χ3v) is 4.73. The molecule has 5 atom stereocenters. The number of esters is 1. The summed E-state index contributed by atoms with van der Waals surface area (Å²) in [5.74, 6) is -1.92. The van der Waals surface area contributed by atoms with E-state index in [0.29, 0.717) is 18.6 Å². The third kappa shape index (κ3) is 2.26. The second-order valence-corrected chi connectivity index (χ2v) is 7.47. The largest absolute Gasteiger partial charge is 0.449 e. The zero-order valence-corrected chi connectivity index (χ0v) is 13.8. The first kappa shape index (κ1) is 15.5. The minimum absolute atomic E-state index is 0.331. The number of rotatable bonds is 1. The maximum Gasteiger partial charge on any atom is 0.334 e. The van der Waals surface area contributed by atoms with E-state index in [-0.39, 0.29) is 6.10 Å². The molecule has 4 aliphatic heterocycles. The monoisotopic (exact) mass is 326 g/mol. The first-order valence-corrected chi connectivity index (χ1v) is 7.86. The van der Waals surface area contributed by atoms with Crippen molar-refractivity contribution in [1.29, 1.82) is 0 Å². The summed E-state index contributed by atoms with van der Waals surface area (Å²) in [5, 5.41) is 0. The van der Waals surface area contributed by atoms with Crippen molar-refractivity contribution in [3.63, 3.8) is 0 Å². The number of carbonyl (C=O) groups excluding carboxylic acids is 1. The van der Waals surface area contributed by atoms with E-state index in [0.717, 1.165) is 0 Å². The average molecular weight is 326 g/mol. The van der Waals surface area contributed by atoms with Crippen LogP contribution in [-0.4, -0.2) is 54.4 Å². The Bertz CT molecular complexity index is 551. The number of ether oxygens (including phenoxy) is 6. The van der Waals surface area contributed by atoms with Crippen LogP contribution in [0.2, 0.25) is 0 Å². The minimum atomic E-state index is -0.985. The zero-order chi connectivity index (χ0) is 16.6. The van der Waals surface area contributed by atoms with Crippen LogP contribution >= 0.6 is 0 Å². The van der Waals surface area contributed by atoms with Gasteiger partial charge in [-0.15, -0.1) is 0 Å². The molecule has 1 spiro atoms. The summed E-state index contributed by atoms with van der Waals surface area (Å²) >= 11 is 0. The molecule has 4 rings (SSSR count).